The SMILES string of the molecule is CC(=O)Nc1ccc(NC(=O)C(C)Oc2ccc(Br)cc2)c(C(F)(F)F)c1. The largest absolute Gasteiger partial charge is 0.481 e. The Labute approximate surface area is 162 Å². The van der Waals surface area contributed by atoms with Crippen molar-refractivity contribution in [2.45, 2.75) is 26.1 Å². The first-order chi connectivity index (χ1) is 12.6. The summed E-state index contributed by atoms with van der Waals surface area (Å²) in [4.78, 5) is 23.3. The van der Waals surface area contributed by atoms with Gasteiger partial charge >= 0.3 is 6.18 Å². The first-order valence-electron chi connectivity index (χ1n) is 7.78. The van der Waals surface area contributed by atoms with Crippen molar-refractivity contribution in [3.63, 3.8) is 0 Å². The fourth-order valence-electron chi connectivity index (χ4n) is 2.17. The molecule has 0 aliphatic heterocycles. The van der Waals surface area contributed by atoms with Crippen molar-refractivity contribution in [3.8, 4) is 5.75 Å². The average Bonchev–Trinajstić information content (AvgIpc) is 2.56. The standard InChI is InChI=1S/C18H16BrF3N2O3/c1-10(27-14-6-3-12(19)4-7-14)17(26)24-16-8-5-13(23-11(2)25)9-15(16)18(20,21)22/h3-10H,1-2H3,(H,23,25)(H,24,26). The van der Waals surface area contributed by atoms with Crippen LogP contribution in [0.2, 0.25) is 0 Å². The van der Waals surface area contributed by atoms with Gasteiger partial charge in [-0.15, -0.1) is 0 Å². The van der Waals surface area contributed by atoms with Gasteiger partial charge in [0.1, 0.15) is 5.75 Å². The minimum atomic E-state index is -4.72. The van der Waals surface area contributed by atoms with Crippen molar-refractivity contribution in [2.75, 3.05) is 10.6 Å². The van der Waals surface area contributed by atoms with Gasteiger partial charge in [0.15, 0.2) is 6.10 Å². The number of halogens is 4. The molecule has 0 radical (unpaired) electrons. The van der Waals surface area contributed by atoms with Crippen molar-refractivity contribution < 1.29 is 27.5 Å². The van der Waals surface area contributed by atoms with Crippen LogP contribution in [0.25, 0.3) is 0 Å². The van der Waals surface area contributed by atoms with Gasteiger partial charge in [0.25, 0.3) is 5.91 Å². The van der Waals surface area contributed by atoms with Crippen LogP contribution in [0.4, 0.5) is 24.5 Å². The third kappa shape index (κ3) is 5.99. The Morgan fingerprint density at radius 3 is 2.26 bits per heavy atom. The Balaban J connectivity index is 2.17. The zero-order valence-electron chi connectivity index (χ0n) is 14.4. The van der Waals surface area contributed by atoms with Crippen LogP contribution in [0.15, 0.2) is 46.9 Å². The van der Waals surface area contributed by atoms with Gasteiger partial charge in [-0.25, -0.2) is 0 Å². The third-order valence-electron chi connectivity index (χ3n) is 3.40. The van der Waals surface area contributed by atoms with E-state index in [1.165, 1.54) is 19.9 Å². The summed E-state index contributed by atoms with van der Waals surface area (Å²) in [6.07, 6.45) is -5.74. The highest BCUT2D eigenvalue weighted by Crippen LogP contribution is 2.36. The van der Waals surface area contributed by atoms with E-state index >= 15 is 0 Å². The summed E-state index contributed by atoms with van der Waals surface area (Å²) in [6.45, 7) is 2.61. The van der Waals surface area contributed by atoms with E-state index in [-0.39, 0.29) is 5.69 Å². The Bertz CT molecular complexity index is 839. The molecule has 0 aliphatic carbocycles. The van der Waals surface area contributed by atoms with Crippen molar-refractivity contribution in [1.29, 1.82) is 0 Å². The van der Waals surface area contributed by atoms with E-state index in [1.807, 2.05) is 0 Å². The second-order valence-electron chi connectivity index (χ2n) is 5.64. The van der Waals surface area contributed by atoms with Crippen LogP contribution >= 0.6 is 15.9 Å². The lowest BCUT2D eigenvalue weighted by Crippen LogP contribution is -2.31. The molecule has 2 aromatic carbocycles. The predicted molar refractivity (Wildman–Crippen MR) is 98.6 cm³/mol. The minimum Gasteiger partial charge on any atom is -0.481 e. The van der Waals surface area contributed by atoms with Crippen LogP contribution in [0.5, 0.6) is 5.75 Å². The van der Waals surface area contributed by atoms with Crippen molar-refractivity contribution in [2.24, 2.45) is 0 Å². The molecular weight excluding hydrogens is 429 g/mol. The smallest absolute Gasteiger partial charge is 0.418 e. The van der Waals surface area contributed by atoms with Gasteiger partial charge in [-0.3, -0.25) is 9.59 Å². The molecule has 0 heterocycles. The molecule has 2 amide bonds. The van der Waals surface area contributed by atoms with Crippen LogP contribution < -0.4 is 15.4 Å². The number of rotatable bonds is 5. The molecule has 2 N–H and O–H groups in total. The average molecular weight is 445 g/mol. The highest BCUT2D eigenvalue weighted by molar-refractivity contribution is 9.10. The van der Waals surface area contributed by atoms with E-state index in [0.717, 1.165) is 16.6 Å². The number of ether oxygens (including phenoxy) is 1. The monoisotopic (exact) mass is 444 g/mol. The molecule has 9 heteroatoms. The summed E-state index contributed by atoms with van der Waals surface area (Å²) < 4.78 is 46.2. The zero-order valence-corrected chi connectivity index (χ0v) is 15.9. The molecule has 0 aromatic heterocycles. The Kier molecular flexibility index (Phi) is 6.48. The maximum Gasteiger partial charge on any atom is 0.418 e. The molecule has 5 nitrogen and oxygen atoms in total. The zero-order chi connectivity index (χ0) is 20.2. The van der Waals surface area contributed by atoms with Crippen LogP contribution in [0.3, 0.4) is 0 Å². The normalized spacial score (nSPS) is 12.2. The Morgan fingerprint density at radius 1 is 1.07 bits per heavy atom. The summed E-state index contributed by atoms with van der Waals surface area (Å²) in [7, 11) is 0. The van der Waals surface area contributed by atoms with Crippen molar-refractivity contribution in [1.82, 2.24) is 0 Å². The van der Waals surface area contributed by atoms with E-state index in [9.17, 15) is 22.8 Å². The van der Waals surface area contributed by atoms with Gasteiger partial charge in [-0.1, -0.05) is 15.9 Å². The van der Waals surface area contributed by atoms with Gasteiger partial charge in [-0.2, -0.15) is 13.2 Å². The van der Waals surface area contributed by atoms with E-state index in [4.69, 9.17) is 4.74 Å². The highest BCUT2D eigenvalue weighted by Gasteiger charge is 2.34. The first-order valence-corrected chi connectivity index (χ1v) is 8.57. The fraction of sp³-hybridized carbons (Fsp3) is 0.222. The number of carbonyl (C=O) groups excluding carboxylic acids is 2. The number of amides is 2. The minimum absolute atomic E-state index is 0.0213. The molecule has 27 heavy (non-hydrogen) atoms. The molecule has 2 rings (SSSR count). The molecule has 0 fully saturated rings. The summed E-state index contributed by atoms with van der Waals surface area (Å²) in [5.74, 6) is -0.843. The number of anilines is 2. The second kappa shape index (κ2) is 8.43. The maximum absolute atomic E-state index is 13.3. The molecule has 0 spiro atoms. The topological polar surface area (TPSA) is 67.4 Å². The lowest BCUT2D eigenvalue weighted by atomic mass is 10.1. The first kappa shape index (κ1) is 20.8. The number of benzene rings is 2. The third-order valence-corrected chi connectivity index (χ3v) is 3.93. The summed E-state index contributed by atoms with van der Waals surface area (Å²) in [6, 6.07) is 9.78. The molecule has 1 unspecified atom stereocenters. The van der Waals surface area contributed by atoms with Gasteiger partial charge in [0, 0.05) is 17.1 Å². The van der Waals surface area contributed by atoms with E-state index in [0.29, 0.717) is 5.75 Å². The highest BCUT2D eigenvalue weighted by atomic mass is 79.9. The van der Waals surface area contributed by atoms with Crippen LogP contribution in [0.1, 0.15) is 19.4 Å². The molecule has 144 valence electrons. The molecular formula is C18H16BrF3N2O3. The van der Waals surface area contributed by atoms with E-state index in [2.05, 4.69) is 26.6 Å². The van der Waals surface area contributed by atoms with E-state index < -0.39 is 35.3 Å². The molecule has 0 aliphatic rings. The number of nitrogens with one attached hydrogen (secondary N) is 2. The van der Waals surface area contributed by atoms with Gasteiger partial charge < -0.3 is 15.4 Å². The lowest BCUT2D eigenvalue weighted by molar-refractivity contribution is -0.137. The maximum atomic E-state index is 13.3. The lowest BCUT2D eigenvalue weighted by Gasteiger charge is -2.18. The molecule has 0 saturated heterocycles. The second-order valence-corrected chi connectivity index (χ2v) is 6.56. The fourth-order valence-corrected chi connectivity index (χ4v) is 2.44. The molecule has 0 bridgehead atoms. The molecule has 0 saturated carbocycles. The van der Waals surface area contributed by atoms with Crippen LogP contribution in [0, 0.1) is 0 Å². The van der Waals surface area contributed by atoms with Crippen molar-refractivity contribution >= 4 is 39.1 Å². The van der Waals surface area contributed by atoms with Crippen LogP contribution in [-0.2, 0) is 15.8 Å². The Hall–Kier alpha value is -2.55. The quantitative estimate of drug-likeness (QED) is 0.693. The summed E-state index contributed by atoms with van der Waals surface area (Å²) in [5, 5.41) is 4.50. The Morgan fingerprint density at radius 2 is 1.70 bits per heavy atom. The predicted octanol–water partition coefficient (Wildman–Crippen LogP) is 4.83. The van der Waals surface area contributed by atoms with Crippen molar-refractivity contribution in [3.05, 3.63) is 52.5 Å². The van der Waals surface area contributed by atoms with Gasteiger partial charge in [0.05, 0.1) is 11.3 Å². The number of carbonyl (C=O) groups is 2. The summed E-state index contributed by atoms with van der Waals surface area (Å²) in [5.41, 5.74) is -1.52. The number of hydrogen-bond acceptors (Lipinski definition) is 3. The van der Waals surface area contributed by atoms with Gasteiger partial charge in [0.2, 0.25) is 5.91 Å². The van der Waals surface area contributed by atoms with E-state index in [1.54, 1.807) is 24.3 Å². The van der Waals surface area contributed by atoms with Gasteiger partial charge in [-0.05, 0) is 49.4 Å². The number of hydrogen-bond donors (Lipinski definition) is 2. The van der Waals surface area contributed by atoms with Crippen LogP contribution in [-0.4, -0.2) is 17.9 Å². The molecule has 2 aromatic rings. The summed E-state index contributed by atoms with van der Waals surface area (Å²) >= 11 is 3.26. The molecule has 1 atom stereocenters. The number of alkyl halides is 3.